The van der Waals surface area contributed by atoms with Gasteiger partial charge in [-0.15, -0.1) is 0 Å². The van der Waals surface area contributed by atoms with Crippen LogP contribution in [0.5, 0.6) is 0 Å². The minimum Gasteiger partial charge on any atom is -0.326 e. The van der Waals surface area contributed by atoms with Gasteiger partial charge in [-0.25, -0.2) is 5.01 Å². The SMILES string of the molecule is CC1=NN(C(=O)CC(=O)Nc2ccc(C)c(Cl)c2)C(c2ccccc2Cl)C1C(=O)Nc1ccccc1. The largest absolute Gasteiger partial charge is 0.326 e. The molecule has 0 spiro atoms. The first-order valence-electron chi connectivity index (χ1n) is 11.3. The molecule has 184 valence electrons. The Kier molecular flexibility index (Phi) is 7.72. The summed E-state index contributed by atoms with van der Waals surface area (Å²) in [6.45, 7) is 3.53. The number of nitrogens with one attached hydrogen (secondary N) is 2. The van der Waals surface area contributed by atoms with Crippen LogP contribution in [0.1, 0.15) is 30.5 Å². The summed E-state index contributed by atoms with van der Waals surface area (Å²) in [5, 5.41) is 12.0. The molecule has 0 saturated heterocycles. The monoisotopic (exact) mass is 522 g/mol. The maximum Gasteiger partial charge on any atom is 0.252 e. The first kappa shape index (κ1) is 25.4. The molecular formula is C27H24Cl2N4O3. The molecule has 36 heavy (non-hydrogen) atoms. The molecule has 0 aliphatic carbocycles. The average Bonchev–Trinajstić information content (AvgIpc) is 3.19. The van der Waals surface area contributed by atoms with Crippen LogP contribution in [-0.2, 0) is 14.4 Å². The Morgan fingerprint density at radius 1 is 0.861 bits per heavy atom. The average molecular weight is 523 g/mol. The van der Waals surface area contributed by atoms with E-state index in [0.29, 0.717) is 32.7 Å². The lowest BCUT2D eigenvalue weighted by molar-refractivity contribution is -0.137. The van der Waals surface area contributed by atoms with E-state index in [0.717, 1.165) is 5.56 Å². The lowest BCUT2D eigenvalue weighted by atomic mass is 9.89. The molecule has 3 aromatic rings. The smallest absolute Gasteiger partial charge is 0.252 e. The van der Waals surface area contributed by atoms with E-state index < -0.39 is 30.2 Å². The van der Waals surface area contributed by atoms with Gasteiger partial charge in [0.1, 0.15) is 12.3 Å². The summed E-state index contributed by atoms with van der Waals surface area (Å²) in [6, 6.07) is 20.3. The van der Waals surface area contributed by atoms with Crippen molar-refractivity contribution < 1.29 is 14.4 Å². The second-order valence-electron chi connectivity index (χ2n) is 8.47. The Bertz CT molecular complexity index is 1340. The maximum atomic E-state index is 13.3. The number of benzene rings is 3. The van der Waals surface area contributed by atoms with Crippen molar-refractivity contribution in [2.24, 2.45) is 11.0 Å². The van der Waals surface area contributed by atoms with Gasteiger partial charge in [-0.2, -0.15) is 5.10 Å². The van der Waals surface area contributed by atoms with Gasteiger partial charge >= 0.3 is 0 Å². The zero-order chi connectivity index (χ0) is 25.8. The summed E-state index contributed by atoms with van der Waals surface area (Å²) in [6.07, 6.45) is -0.476. The molecule has 2 unspecified atom stereocenters. The summed E-state index contributed by atoms with van der Waals surface area (Å²) >= 11 is 12.6. The van der Waals surface area contributed by atoms with Crippen molar-refractivity contribution in [1.82, 2.24) is 5.01 Å². The number of aryl methyl sites for hydroxylation is 1. The van der Waals surface area contributed by atoms with Gasteiger partial charge in [0, 0.05) is 21.4 Å². The molecule has 7 nitrogen and oxygen atoms in total. The van der Waals surface area contributed by atoms with Crippen LogP contribution in [0.4, 0.5) is 11.4 Å². The lowest BCUT2D eigenvalue weighted by Crippen LogP contribution is -2.37. The highest BCUT2D eigenvalue weighted by molar-refractivity contribution is 6.32. The van der Waals surface area contributed by atoms with Crippen LogP contribution in [-0.4, -0.2) is 28.4 Å². The van der Waals surface area contributed by atoms with Crippen LogP contribution >= 0.6 is 23.2 Å². The van der Waals surface area contributed by atoms with E-state index in [-0.39, 0.29) is 5.91 Å². The number of para-hydroxylation sites is 1. The number of nitrogens with zero attached hydrogens (tertiary/aromatic N) is 2. The number of hydrogen-bond acceptors (Lipinski definition) is 4. The Hall–Kier alpha value is -3.68. The Labute approximate surface area is 219 Å². The number of halogens is 2. The number of rotatable bonds is 6. The minimum absolute atomic E-state index is 0.332. The van der Waals surface area contributed by atoms with Gasteiger partial charge in [0.25, 0.3) is 5.91 Å². The molecule has 3 aromatic carbocycles. The third-order valence-electron chi connectivity index (χ3n) is 5.87. The summed E-state index contributed by atoms with van der Waals surface area (Å²) in [5.74, 6) is -2.22. The second kappa shape index (κ2) is 10.9. The first-order chi connectivity index (χ1) is 17.2. The molecule has 2 N–H and O–H groups in total. The molecule has 1 heterocycles. The van der Waals surface area contributed by atoms with E-state index in [4.69, 9.17) is 23.2 Å². The molecule has 2 atom stereocenters. The first-order valence-corrected chi connectivity index (χ1v) is 12.0. The van der Waals surface area contributed by atoms with Crippen molar-refractivity contribution in [2.75, 3.05) is 10.6 Å². The quantitative estimate of drug-likeness (QED) is 0.398. The highest BCUT2D eigenvalue weighted by atomic mass is 35.5. The molecular weight excluding hydrogens is 499 g/mol. The van der Waals surface area contributed by atoms with Gasteiger partial charge < -0.3 is 10.6 Å². The van der Waals surface area contributed by atoms with Crippen molar-refractivity contribution in [2.45, 2.75) is 26.3 Å². The number of hydrogen-bond donors (Lipinski definition) is 2. The Morgan fingerprint density at radius 3 is 2.25 bits per heavy atom. The zero-order valence-electron chi connectivity index (χ0n) is 19.7. The van der Waals surface area contributed by atoms with Crippen LogP contribution in [0.15, 0.2) is 77.9 Å². The molecule has 0 fully saturated rings. The summed E-state index contributed by atoms with van der Waals surface area (Å²) in [7, 11) is 0. The van der Waals surface area contributed by atoms with Crippen molar-refractivity contribution in [1.29, 1.82) is 0 Å². The van der Waals surface area contributed by atoms with Gasteiger partial charge in [-0.05, 0) is 55.3 Å². The molecule has 4 rings (SSSR count). The zero-order valence-corrected chi connectivity index (χ0v) is 21.2. The number of anilines is 2. The normalized spacial score (nSPS) is 16.9. The van der Waals surface area contributed by atoms with Gasteiger partial charge in [0.05, 0.1) is 11.8 Å². The molecule has 0 radical (unpaired) electrons. The fraction of sp³-hybridized carbons (Fsp3) is 0.185. The van der Waals surface area contributed by atoms with Crippen molar-refractivity contribution >= 4 is 58.0 Å². The highest BCUT2D eigenvalue weighted by Crippen LogP contribution is 2.40. The van der Waals surface area contributed by atoms with Gasteiger partial charge in [0.2, 0.25) is 11.8 Å². The van der Waals surface area contributed by atoms with Crippen LogP contribution < -0.4 is 10.6 Å². The fourth-order valence-corrected chi connectivity index (χ4v) is 4.50. The Balaban J connectivity index is 1.58. The lowest BCUT2D eigenvalue weighted by Gasteiger charge is -2.27. The summed E-state index contributed by atoms with van der Waals surface area (Å²) in [5.41, 5.74) is 2.97. The second-order valence-corrected chi connectivity index (χ2v) is 9.28. The number of carbonyl (C=O) groups excluding carboxylic acids is 3. The standard InChI is InChI=1S/C27H24Cl2N4O3/c1-16-12-13-19(14-22(16)29)30-23(34)15-24(35)33-26(20-10-6-7-11-21(20)28)25(17(2)32-33)27(36)31-18-8-4-3-5-9-18/h3-14,25-26H,15H2,1-2H3,(H,30,34)(H,31,36). The van der Waals surface area contributed by atoms with Crippen LogP contribution in [0.3, 0.4) is 0 Å². The van der Waals surface area contributed by atoms with Crippen LogP contribution in [0.2, 0.25) is 10.0 Å². The van der Waals surface area contributed by atoms with E-state index >= 15 is 0 Å². The van der Waals surface area contributed by atoms with Gasteiger partial charge in [-0.1, -0.05) is 65.7 Å². The molecule has 0 saturated carbocycles. The molecule has 0 aromatic heterocycles. The predicted molar refractivity (Wildman–Crippen MR) is 142 cm³/mol. The molecule has 1 aliphatic heterocycles. The molecule has 3 amide bonds. The molecule has 9 heteroatoms. The van der Waals surface area contributed by atoms with E-state index in [1.807, 2.05) is 25.1 Å². The maximum absolute atomic E-state index is 13.3. The predicted octanol–water partition coefficient (Wildman–Crippen LogP) is 5.84. The van der Waals surface area contributed by atoms with Gasteiger partial charge in [0.15, 0.2) is 0 Å². The Morgan fingerprint density at radius 2 is 1.56 bits per heavy atom. The number of hydrazone groups is 1. The van der Waals surface area contributed by atoms with E-state index in [2.05, 4.69) is 15.7 Å². The molecule has 1 aliphatic rings. The van der Waals surface area contributed by atoms with Crippen molar-refractivity contribution in [3.05, 3.63) is 94.0 Å². The summed E-state index contributed by atoms with van der Waals surface area (Å²) in [4.78, 5) is 39.3. The fourth-order valence-electron chi connectivity index (χ4n) is 4.07. The minimum atomic E-state index is -0.809. The van der Waals surface area contributed by atoms with E-state index in [9.17, 15) is 14.4 Å². The third kappa shape index (κ3) is 5.58. The topological polar surface area (TPSA) is 90.9 Å². The number of carbonyl (C=O) groups is 3. The van der Waals surface area contributed by atoms with Crippen LogP contribution in [0.25, 0.3) is 0 Å². The van der Waals surface area contributed by atoms with Crippen LogP contribution in [0, 0.1) is 12.8 Å². The van der Waals surface area contributed by atoms with E-state index in [1.54, 1.807) is 61.5 Å². The van der Waals surface area contributed by atoms with Gasteiger partial charge in [-0.3, -0.25) is 14.4 Å². The van der Waals surface area contributed by atoms with E-state index in [1.165, 1.54) is 5.01 Å². The summed E-state index contributed by atoms with van der Waals surface area (Å²) < 4.78 is 0. The third-order valence-corrected chi connectivity index (χ3v) is 6.62. The molecule has 0 bridgehead atoms. The van der Waals surface area contributed by atoms with Crippen molar-refractivity contribution in [3.8, 4) is 0 Å². The van der Waals surface area contributed by atoms with Crippen molar-refractivity contribution in [3.63, 3.8) is 0 Å². The highest BCUT2D eigenvalue weighted by Gasteiger charge is 2.44. The number of amides is 3.